The number of anilines is 2. The van der Waals surface area contributed by atoms with Crippen molar-refractivity contribution in [3.63, 3.8) is 0 Å². The predicted molar refractivity (Wildman–Crippen MR) is 129 cm³/mol. The number of nitrogen functional groups attached to an aromatic ring is 1. The van der Waals surface area contributed by atoms with Gasteiger partial charge in [-0.05, 0) is 82.3 Å². The van der Waals surface area contributed by atoms with E-state index in [0.29, 0.717) is 36.6 Å². The zero-order valence-corrected chi connectivity index (χ0v) is 20.1. The summed E-state index contributed by atoms with van der Waals surface area (Å²) in [6.45, 7) is 13.1. The summed E-state index contributed by atoms with van der Waals surface area (Å²) in [7, 11) is 0. The molecule has 0 amide bonds. The molecule has 0 spiro atoms. The molecule has 0 saturated heterocycles. The van der Waals surface area contributed by atoms with E-state index in [1.807, 2.05) is 59.7 Å². The molecule has 0 atom stereocenters. The van der Waals surface area contributed by atoms with Gasteiger partial charge >= 0.3 is 5.97 Å². The van der Waals surface area contributed by atoms with Crippen molar-refractivity contribution < 1.29 is 14.3 Å². The Morgan fingerprint density at radius 2 is 1.78 bits per heavy atom. The van der Waals surface area contributed by atoms with Gasteiger partial charge in [-0.25, -0.2) is 4.79 Å². The Morgan fingerprint density at radius 3 is 2.34 bits per heavy atom. The minimum Gasteiger partial charge on any atom is -0.456 e. The fourth-order valence-corrected chi connectivity index (χ4v) is 3.38. The smallest absolute Gasteiger partial charge is 0.339 e. The lowest BCUT2D eigenvalue weighted by molar-refractivity contribution is 0.00678. The standard InChI is InChI=1S/C25H33N3O3.H3N/c1-16-12-19(13-17(2)22(16)24(29)31-25(4,5)6)15-30-11-7-10-28-21-9-8-20(14-26)18(3)23(21)27;/h8-9,12-13,28H,7,10-11,15,27H2,1-6H3;1H3. The van der Waals surface area contributed by atoms with Crippen LogP contribution in [-0.4, -0.2) is 24.7 Å². The fourth-order valence-electron chi connectivity index (χ4n) is 3.38. The molecular weight excluding hydrogens is 404 g/mol. The van der Waals surface area contributed by atoms with Gasteiger partial charge in [-0.15, -0.1) is 0 Å². The van der Waals surface area contributed by atoms with Crippen LogP contribution in [0, 0.1) is 32.1 Å². The summed E-state index contributed by atoms with van der Waals surface area (Å²) < 4.78 is 11.3. The second-order valence-corrected chi connectivity index (χ2v) is 8.75. The van der Waals surface area contributed by atoms with E-state index in [0.717, 1.165) is 34.4 Å². The van der Waals surface area contributed by atoms with Crippen molar-refractivity contribution in [2.75, 3.05) is 24.2 Å². The number of nitrogens with two attached hydrogens (primary N) is 1. The molecule has 174 valence electrons. The predicted octanol–water partition coefficient (Wildman–Crippen LogP) is 5.20. The summed E-state index contributed by atoms with van der Waals surface area (Å²) in [5.74, 6) is -0.293. The molecule has 0 unspecified atom stereocenters. The van der Waals surface area contributed by atoms with Gasteiger partial charge in [0.1, 0.15) is 5.60 Å². The van der Waals surface area contributed by atoms with E-state index in [2.05, 4.69) is 11.4 Å². The monoisotopic (exact) mass is 440 g/mol. The van der Waals surface area contributed by atoms with Gasteiger partial charge in [0.2, 0.25) is 0 Å². The Balaban J connectivity index is 0.00000512. The first-order chi connectivity index (χ1) is 14.5. The van der Waals surface area contributed by atoms with Crippen LogP contribution in [0.15, 0.2) is 24.3 Å². The first-order valence-electron chi connectivity index (χ1n) is 10.5. The fraction of sp³-hybridized carbons (Fsp3) is 0.440. The molecule has 0 aromatic heterocycles. The van der Waals surface area contributed by atoms with Crippen LogP contribution in [0.3, 0.4) is 0 Å². The number of hydrogen-bond acceptors (Lipinski definition) is 7. The maximum Gasteiger partial charge on any atom is 0.339 e. The average Bonchev–Trinajstić information content (AvgIpc) is 2.65. The summed E-state index contributed by atoms with van der Waals surface area (Å²) >= 11 is 0. The number of carbonyl (C=O) groups is 1. The number of aryl methyl sites for hydroxylation is 2. The van der Waals surface area contributed by atoms with Crippen molar-refractivity contribution in [1.82, 2.24) is 6.15 Å². The average molecular weight is 441 g/mol. The lowest BCUT2D eigenvalue weighted by Crippen LogP contribution is -2.25. The van der Waals surface area contributed by atoms with Crippen LogP contribution in [0.2, 0.25) is 0 Å². The molecule has 0 fully saturated rings. The number of ether oxygens (including phenoxy) is 2. The largest absolute Gasteiger partial charge is 0.456 e. The van der Waals surface area contributed by atoms with Gasteiger partial charge in [0.25, 0.3) is 0 Å². The summed E-state index contributed by atoms with van der Waals surface area (Å²) in [6, 6.07) is 9.70. The Morgan fingerprint density at radius 1 is 1.16 bits per heavy atom. The van der Waals surface area contributed by atoms with E-state index >= 15 is 0 Å². The van der Waals surface area contributed by atoms with Crippen LogP contribution in [0.5, 0.6) is 0 Å². The third-order valence-electron chi connectivity index (χ3n) is 4.88. The van der Waals surface area contributed by atoms with E-state index in [4.69, 9.17) is 20.5 Å². The van der Waals surface area contributed by atoms with Gasteiger partial charge in [-0.2, -0.15) is 5.26 Å². The molecule has 32 heavy (non-hydrogen) atoms. The minimum atomic E-state index is -0.521. The highest BCUT2D eigenvalue weighted by atomic mass is 16.6. The Labute approximate surface area is 191 Å². The molecule has 0 aliphatic heterocycles. The third-order valence-corrected chi connectivity index (χ3v) is 4.88. The van der Waals surface area contributed by atoms with Crippen molar-refractivity contribution >= 4 is 17.3 Å². The molecule has 0 saturated carbocycles. The number of benzene rings is 2. The first-order valence-corrected chi connectivity index (χ1v) is 10.5. The maximum absolute atomic E-state index is 12.5. The molecule has 2 rings (SSSR count). The highest BCUT2D eigenvalue weighted by molar-refractivity contribution is 5.93. The molecule has 2 aromatic carbocycles. The molecule has 0 aliphatic carbocycles. The van der Waals surface area contributed by atoms with Crippen LogP contribution < -0.4 is 17.2 Å². The second-order valence-electron chi connectivity index (χ2n) is 8.75. The highest BCUT2D eigenvalue weighted by Gasteiger charge is 2.21. The second kappa shape index (κ2) is 11.5. The van der Waals surface area contributed by atoms with E-state index in [1.165, 1.54) is 0 Å². The van der Waals surface area contributed by atoms with Gasteiger partial charge in [-0.3, -0.25) is 0 Å². The van der Waals surface area contributed by atoms with Crippen LogP contribution in [-0.2, 0) is 16.1 Å². The molecule has 6 N–H and O–H groups in total. The lowest BCUT2D eigenvalue weighted by atomic mass is 9.99. The molecule has 0 heterocycles. The number of hydrogen-bond donors (Lipinski definition) is 3. The summed E-state index contributed by atoms with van der Waals surface area (Å²) in [5, 5.41) is 12.4. The van der Waals surface area contributed by atoms with E-state index < -0.39 is 5.60 Å². The number of nitrogens with one attached hydrogen (secondary N) is 1. The van der Waals surface area contributed by atoms with Crippen molar-refractivity contribution in [1.29, 1.82) is 5.26 Å². The van der Waals surface area contributed by atoms with E-state index in [9.17, 15) is 4.79 Å². The SMILES string of the molecule is Cc1cc(COCCCNc2ccc(C#N)c(C)c2N)cc(C)c1C(=O)OC(C)(C)C.N. The lowest BCUT2D eigenvalue weighted by Gasteiger charge is -2.21. The number of nitrogens with zero attached hydrogens (tertiary/aromatic N) is 1. The van der Waals surface area contributed by atoms with Crippen LogP contribution in [0.25, 0.3) is 0 Å². The Kier molecular flexibility index (Phi) is 9.70. The number of nitriles is 1. The molecule has 0 radical (unpaired) electrons. The number of esters is 1. The topological polar surface area (TPSA) is 132 Å². The minimum absolute atomic E-state index is 0. The maximum atomic E-state index is 12.5. The molecule has 7 nitrogen and oxygen atoms in total. The zero-order chi connectivity index (χ0) is 23.2. The zero-order valence-electron chi connectivity index (χ0n) is 20.1. The van der Waals surface area contributed by atoms with Gasteiger partial charge in [0.05, 0.1) is 35.2 Å². The van der Waals surface area contributed by atoms with Gasteiger partial charge in [-0.1, -0.05) is 12.1 Å². The van der Waals surface area contributed by atoms with Gasteiger partial charge in [0.15, 0.2) is 0 Å². The molecule has 0 aliphatic rings. The van der Waals surface area contributed by atoms with Crippen LogP contribution >= 0.6 is 0 Å². The van der Waals surface area contributed by atoms with Gasteiger partial charge in [0, 0.05) is 13.2 Å². The summed E-state index contributed by atoms with van der Waals surface area (Å²) in [4.78, 5) is 12.5. The first kappa shape index (κ1) is 27.0. The number of rotatable bonds is 8. The van der Waals surface area contributed by atoms with Crippen LogP contribution in [0.4, 0.5) is 11.4 Å². The van der Waals surface area contributed by atoms with E-state index in [1.54, 1.807) is 6.07 Å². The Bertz CT molecular complexity index is 965. The quantitative estimate of drug-likeness (QED) is 0.292. The van der Waals surface area contributed by atoms with E-state index in [-0.39, 0.29) is 12.1 Å². The van der Waals surface area contributed by atoms with Crippen molar-refractivity contribution in [3.8, 4) is 6.07 Å². The summed E-state index contributed by atoms with van der Waals surface area (Å²) in [5.41, 5.74) is 11.8. The number of carbonyl (C=O) groups excluding carboxylic acids is 1. The van der Waals surface area contributed by atoms with Crippen molar-refractivity contribution in [3.05, 3.63) is 57.6 Å². The van der Waals surface area contributed by atoms with Crippen molar-refractivity contribution in [2.24, 2.45) is 0 Å². The summed E-state index contributed by atoms with van der Waals surface area (Å²) in [6.07, 6.45) is 0.812. The molecular formula is C25H36N4O3. The normalized spacial score (nSPS) is 10.8. The molecule has 0 bridgehead atoms. The highest BCUT2D eigenvalue weighted by Crippen LogP contribution is 2.25. The van der Waals surface area contributed by atoms with Crippen LogP contribution in [0.1, 0.15) is 65.4 Å². The third kappa shape index (κ3) is 7.26. The van der Waals surface area contributed by atoms with Crippen molar-refractivity contribution in [2.45, 2.75) is 60.2 Å². The Hall–Kier alpha value is -3.08. The molecule has 7 heteroatoms. The van der Waals surface area contributed by atoms with Gasteiger partial charge < -0.3 is 26.7 Å². The molecule has 2 aromatic rings.